The van der Waals surface area contributed by atoms with E-state index in [-0.39, 0.29) is 22.5 Å². The van der Waals surface area contributed by atoms with Crippen LogP contribution in [0, 0.1) is 0 Å². The monoisotopic (exact) mass is 331 g/mol. The van der Waals surface area contributed by atoms with E-state index in [1.165, 1.54) is 20.4 Å². The van der Waals surface area contributed by atoms with E-state index in [9.17, 15) is 4.79 Å². The van der Waals surface area contributed by atoms with Gasteiger partial charge in [0.1, 0.15) is 0 Å². The smallest absolute Gasteiger partial charge is 0.343 e. The van der Waals surface area contributed by atoms with Gasteiger partial charge in [-0.1, -0.05) is 11.6 Å². The van der Waals surface area contributed by atoms with Crippen LogP contribution in [0.15, 0.2) is 17.2 Å². The first-order chi connectivity index (χ1) is 9.97. The molecule has 0 spiro atoms. The Kier molecular flexibility index (Phi) is 6.70. The summed E-state index contributed by atoms with van der Waals surface area (Å²) in [5.41, 5.74) is 8.29. The highest BCUT2D eigenvalue weighted by Gasteiger charge is 2.13. The largest absolute Gasteiger partial charge is 0.493 e. The second-order valence-electron chi connectivity index (χ2n) is 3.63. The van der Waals surface area contributed by atoms with Crippen molar-refractivity contribution in [3.8, 4) is 11.5 Å². The molecule has 0 aromatic heterocycles. The molecule has 0 amide bonds. The first kappa shape index (κ1) is 17.0. The van der Waals surface area contributed by atoms with Crippen LogP contribution >= 0.6 is 23.8 Å². The second kappa shape index (κ2) is 8.28. The number of ether oxygens (including phenoxy) is 3. The first-order valence-corrected chi connectivity index (χ1v) is 6.42. The molecule has 21 heavy (non-hydrogen) atoms. The summed E-state index contributed by atoms with van der Waals surface area (Å²) in [4.78, 5) is 11.1. The molecule has 0 bridgehead atoms. The van der Waals surface area contributed by atoms with Crippen LogP contribution in [0.4, 0.5) is 0 Å². The van der Waals surface area contributed by atoms with Gasteiger partial charge in [-0.25, -0.2) is 4.79 Å². The number of halogens is 1. The maximum Gasteiger partial charge on any atom is 0.343 e. The van der Waals surface area contributed by atoms with Gasteiger partial charge >= 0.3 is 5.97 Å². The fourth-order valence-electron chi connectivity index (χ4n) is 1.31. The van der Waals surface area contributed by atoms with E-state index < -0.39 is 5.97 Å². The zero-order valence-corrected chi connectivity index (χ0v) is 13.0. The van der Waals surface area contributed by atoms with Gasteiger partial charge in [-0.2, -0.15) is 5.10 Å². The fraction of sp³-hybridized carbons (Fsp3) is 0.250. The van der Waals surface area contributed by atoms with Crippen molar-refractivity contribution in [1.82, 2.24) is 5.43 Å². The number of hydrazone groups is 1. The third-order valence-electron chi connectivity index (χ3n) is 2.20. The number of thiocarbonyl (C=S) groups is 1. The number of methoxy groups -OCH3 is 2. The highest BCUT2D eigenvalue weighted by Crippen LogP contribution is 2.36. The molecule has 0 atom stereocenters. The number of nitrogens with zero attached hydrogens (tertiary/aromatic N) is 1. The van der Waals surface area contributed by atoms with Gasteiger partial charge in [0.2, 0.25) is 0 Å². The van der Waals surface area contributed by atoms with Crippen LogP contribution in [0.2, 0.25) is 5.02 Å². The first-order valence-electron chi connectivity index (χ1n) is 5.63. The minimum absolute atomic E-state index is 0.0438. The van der Waals surface area contributed by atoms with Crippen molar-refractivity contribution in [2.75, 3.05) is 20.8 Å². The molecule has 0 heterocycles. The Labute approximate surface area is 132 Å². The van der Waals surface area contributed by atoms with Crippen LogP contribution in [0.5, 0.6) is 11.5 Å². The number of carbonyl (C=O) groups is 1. The van der Waals surface area contributed by atoms with Crippen LogP contribution in [0.1, 0.15) is 5.56 Å². The second-order valence-corrected chi connectivity index (χ2v) is 4.48. The van der Waals surface area contributed by atoms with Gasteiger partial charge in [0.15, 0.2) is 23.2 Å². The van der Waals surface area contributed by atoms with Gasteiger partial charge in [0.05, 0.1) is 25.5 Å². The highest BCUT2D eigenvalue weighted by molar-refractivity contribution is 7.80. The molecule has 0 aliphatic heterocycles. The number of carbonyl (C=O) groups excluding carboxylic acids is 1. The Balaban J connectivity index is 2.93. The van der Waals surface area contributed by atoms with Crippen molar-refractivity contribution in [3.05, 3.63) is 22.7 Å². The number of benzene rings is 1. The number of nitrogens with two attached hydrogens (primary N) is 1. The lowest BCUT2D eigenvalue weighted by Gasteiger charge is -2.12. The third kappa shape index (κ3) is 5.44. The standard InChI is InChI=1S/C12H14ClN3O4S/c1-18-9-4-7(5-15-16-12(14)21)3-8(13)11(9)20-6-10(17)19-2/h3-5H,6H2,1-2H3,(H3,14,16,21)/b15-5-. The molecule has 9 heteroatoms. The summed E-state index contributed by atoms with van der Waals surface area (Å²) < 4.78 is 14.9. The number of esters is 1. The summed E-state index contributed by atoms with van der Waals surface area (Å²) in [5.74, 6) is 0.0617. The molecule has 1 aromatic carbocycles. The molecule has 0 saturated carbocycles. The van der Waals surface area contributed by atoms with Crippen LogP contribution in [0.25, 0.3) is 0 Å². The van der Waals surface area contributed by atoms with E-state index in [1.807, 2.05) is 0 Å². The zero-order valence-electron chi connectivity index (χ0n) is 11.4. The maximum absolute atomic E-state index is 11.1. The topological polar surface area (TPSA) is 95.2 Å². The third-order valence-corrected chi connectivity index (χ3v) is 2.57. The molecule has 1 aromatic rings. The number of hydrogen-bond donors (Lipinski definition) is 2. The lowest BCUT2D eigenvalue weighted by Crippen LogP contribution is -2.24. The molecular formula is C12H14ClN3O4S. The molecule has 0 unspecified atom stereocenters. The SMILES string of the molecule is COC(=O)COc1c(Cl)cc(/C=N\NC(N)=S)cc1OC. The van der Waals surface area contributed by atoms with Crippen molar-refractivity contribution in [3.63, 3.8) is 0 Å². The lowest BCUT2D eigenvalue weighted by molar-refractivity contribution is -0.142. The molecular weight excluding hydrogens is 318 g/mol. The Hall–Kier alpha value is -2.06. The minimum atomic E-state index is -0.528. The van der Waals surface area contributed by atoms with Crippen LogP contribution in [0.3, 0.4) is 0 Å². The molecule has 0 radical (unpaired) electrons. The molecule has 0 aliphatic carbocycles. The average molecular weight is 332 g/mol. The summed E-state index contributed by atoms with van der Waals surface area (Å²) in [6.07, 6.45) is 1.46. The maximum atomic E-state index is 11.1. The van der Waals surface area contributed by atoms with E-state index in [4.69, 9.17) is 26.8 Å². The van der Waals surface area contributed by atoms with E-state index >= 15 is 0 Å². The van der Waals surface area contributed by atoms with Gasteiger partial charge in [-0.3, -0.25) is 5.43 Å². The Morgan fingerprint density at radius 3 is 2.81 bits per heavy atom. The molecule has 0 saturated heterocycles. The Morgan fingerprint density at radius 2 is 2.24 bits per heavy atom. The van der Waals surface area contributed by atoms with Gasteiger partial charge < -0.3 is 19.9 Å². The van der Waals surface area contributed by atoms with E-state index in [0.717, 1.165) is 0 Å². The van der Waals surface area contributed by atoms with Crippen molar-refractivity contribution in [1.29, 1.82) is 0 Å². The van der Waals surface area contributed by atoms with Crippen molar-refractivity contribution >= 4 is 41.1 Å². The van der Waals surface area contributed by atoms with Gasteiger partial charge in [0.25, 0.3) is 0 Å². The summed E-state index contributed by atoms with van der Waals surface area (Å²) in [6.45, 7) is -0.275. The van der Waals surface area contributed by atoms with Gasteiger partial charge in [0, 0.05) is 0 Å². The van der Waals surface area contributed by atoms with Crippen LogP contribution in [-0.4, -0.2) is 38.1 Å². The molecule has 3 N–H and O–H groups in total. The van der Waals surface area contributed by atoms with Crippen molar-refractivity contribution < 1.29 is 19.0 Å². The predicted octanol–water partition coefficient (Wildman–Crippen LogP) is 1.07. The summed E-state index contributed by atoms with van der Waals surface area (Å²) >= 11 is 10.7. The van der Waals surface area contributed by atoms with Gasteiger partial charge in [-0.05, 0) is 29.9 Å². The van der Waals surface area contributed by atoms with Crippen molar-refractivity contribution in [2.24, 2.45) is 10.8 Å². The molecule has 0 aliphatic rings. The lowest BCUT2D eigenvalue weighted by atomic mass is 10.2. The molecule has 1 rings (SSSR count). The normalized spacial score (nSPS) is 10.2. The van der Waals surface area contributed by atoms with Gasteiger partial charge in [-0.15, -0.1) is 0 Å². The summed E-state index contributed by atoms with van der Waals surface area (Å²) in [5, 5.41) is 4.11. The highest BCUT2D eigenvalue weighted by atomic mass is 35.5. The van der Waals surface area contributed by atoms with Crippen molar-refractivity contribution in [2.45, 2.75) is 0 Å². The average Bonchev–Trinajstić information content (AvgIpc) is 2.44. The number of hydrogen-bond acceptors (Lipinski definition) is 6. The molecule has 7 nitrogen and oxygen atoms in total. The number of nitrogens with one attached hydrogen (secondary N) is 1. The zero-order chi connectivity index (χ0) is 15.8. The Bertz CT molecular complexity index is 566. The molecule has 0 fully saturated rings. The summed E-state index contributed by atoms with van der Waals surface area (Å²) in [7, 11) is 2.71. The fourth-order valence-corrected chi connectivity index (χ4v) is 1.64. The Morgan fingerprint density at radius 1 is 1.52 bits per heavy atom. The van der Waals surface area contributed by atoms with E-state index in [0.29, 0.717) is 11.3 Å². The number of rotatable bonds is 6. The molecule has 114 valence electrons. The predicted molar refractivity (Wildman–Crippen MR) is 83.0 cm³/mol. The van der Waals surface area contributed by atoms with E-state index in [2.05, 4.69) is 27.5 Å². The minimum Gasteiger partial charge on any atom is -0.493 e. The quantitative estimate of drug-likeness (QED) is 0.348. The summed E-state index contributed by atoms with van der Waals surface area (Å²) in [6, 6.07) is 3.21. The van der Waals surface area contributed by atoms with Crippen LogP contribution in [-0.2, 0) is 9.53 Å². The van der Waals surface area contributed by atoms with Crippen LogP contribution < -0.4 is 20.6 Å². The van der Waals surface area contributed by atoms with E-state index in [1.54, 1.807) is 12.1 Å².